The zero-order chi connectivity index (χ0) is 16.5. The summed E-state index contributed by atoms with van der Waals surface area (Å²) >= 11 is 0. The van der Waals surface area contributed by atoms with Gasteiger partial charge >= 0.3 is 6.61 Å². The van der Waals surface area contributed by atoms with Gasteiger partial charge in [0.15, 0.2) is 0 Å². The summed E-state index contributed by atoms with van der Waals surface area (Å²) in [7, 11) is 0. The molecule has 1 amide bonds. The van der Waals surface area contributed by atoms with Crippen LogP contribution in [0.2, 0.25) is 0 Å². The number of hydrogen-bond donors (Lipinski definition) is 2. The van der Waals surface area contributed by atoms with Crippen molar-refractivity contribution < 1.29 is 27.9 Å². The van der Waals surface area contributed by atoms with Gasteiger partial charge in [0, 0.05) is 5.56 Å². The number of morpholine rings is 1. The molecule has 2 rings (SSSR count). The number of nitrogens with zero attached hydrogens (tertiary/aromatic N) is 1. The Labute approximate surface area is 133 Å². The number of rotatable bonds is 7. The van der Waals surface area contributed by atoms with Crippen LogP contribution >= 0.6 is 0 Å². The van der Waals surface area contributed by atoms with Crippen LogP contribution < -0.4 is 15.1 Å². The first-order chi connectivity index (χ1) is 11.1. The number of carbonyl (C=O) groups is 1. The van der Waals surface area contributed by atoms with Crippen molar-refractivity contribution in [2.24, 2.45) is 5.10 Å². The average Bonchev–Trinajstić information content (AvgIpc) is 2.55. The van der Waals surface area contributed by atoms with Crippen molar-refractivity contribution in [3.8, 4) is 5.75 Å². The molecule has 0 bridgehead atoms. The minimum Gasteiger partial charge on any atom is -0.434 e. The lowest BCUT2D eigenvalue weighted by Crippen LogP contribution is -3.14. The minimum absolute atomic E-state index is 0.0123. The van der Waals surface area contributed by atoms with E-state index in [0.717, 1.165) is 32.8 Å². The molecule has 0 aromatic heterocycles. The summed E-state index contributed by atoms with van der Waals surface area (Å²) in [6, 6.07) is 6.24. The van der Waals surface area contributed by atoms with Crippen LogP contribution in [-0.2, 0) is 9.53 Å². The van der Waals surface area contributed by atoms with Crippen LogP contribution in [0.1, 0.15) is 12.0 Å². The number of para-hydroxylation sites is 1. The smallest absolute Gasteiger partial charge is 0.387 e. The lowest BCUT2D eigenvalue weighted by molar-refractivity contribution is -0.907. The Kier molecular flexibility index (Phi) is 6.89. The fraction of sp³-hybridized carbons (Fsp3) is 0.467. The molecular weight excluding hydrogens is 308 g/mol. The van der Waals surface area contributed by atoms with Crippen LogP contribution in [0, 0.1) is 0 Å². The first-order valence-electron chi connectivity index (χ1n) is 7.42. The second-order valence-electron chi connectivity index (χ2n) is 5.07. The highest BCUT2D eigenvalue weighted by atomic mass is 19.3. The van der Waals surface area contributed by atoms with Gasteiger partial charge in [0.05, 0.1) is 32.4 Å². The van der Waals surface area contributed by atoms with E-state index < -0.39 is 6.61 Å². The highest BCUT2D eigenvalue weighted by molar-refractivity contribution is 5.85. The Morgan fingerprint density at radius 1 is 1.39 bits per heavy atom. The molecule has 1 fully saturated rings. The van der Waals surface area contributed by atoms with Crippen molar-refractivity contribution in [1.82, 2.24) is 5.43 Å². The monoisotopic (exact) mass is 328 g/mol. The quantitative estimate of drug-likeness (QED) is 0.549. The number of amides is 1. The molecule has 2 N–H and O–H groups in total. The van der Waals surface area contributed by atoms with Gasteiger partial charge in [-0.3, -0.25) is 4.79 Å². The van der Waals surface area contributed by atoms with E-state index >= 15 is 0 Å². The zero-order valence-electron chi connectivity index (χ0n) is 12.6. The Bertz CT molecular complexity index is 534. The molecule has 0 aliphatic carbocycles. The van der Waals surface area contributed by atoms with E-state index in [9.17, 15) is 13.6 Å². The Morgan fingerprint density at radius 2 is 2.13 bits per heavy atom. The van der Waals surface area contributed by atoms with Crippen LogP contribution in [0.4, 0.5) is 8.78 Å². The van der Waals surface area contributed by atoms with E-state index in [0.29, 0.717) is 12.0 Å². The van der Waals surface area contributed by atoms with Gasteiger partial charge in [-0.05, 0) is 12.1 Å². The molecule has 0 radical (unpaired) electrons. The first-order valence-corrected chi connectivity index (χ1v) is 7.42. The predicted octanol–water partition coefficient (Wildman–Crippen LogP) is 0.0433. The van der Waals surface area contributed by atoms with Crippen molar-refractivity contribution in [2.45, 2.75) is 13.0 Å². The zero-order valence-corrected chi connectivity index (χ0v) is 12.6. The fourth-order valence-corrected chi connectivity index (χ4v) is 2.22. The molecule has 23 heavy (non-hydrogen) atoms. The number of halogens is 2. The van der Waals surface area contributed by atoms with Gasteiger partial charge in [0.2, 0.25) is 5.91 Å². The van der Waals surface area contributed by atoms with Gasteiger partial charge < -0.3 is 14.4 Å². The summed E-state index contributed by atoms with van der Waals surface area (Å²) in [5, 5.41) is 3.79. The molecule has 0 atom stereocenters. The number of hydrazone groups is 1. The first kappa shape index (κ1) is 17.3. The molecule has 126 valence electrons. The average molecular weight is 328 g/mol. The number of carbonyl (C=O) groups excluding carboxylic acids is 1. The molecule has 8 heteroatoms. The highest BCUT2D eigenvalue weighted by Crippen LogP contribution is 2.18. The maximum absolute atomic E-state index is 12.3. The van der Waals surface area contributed by atoms with E-state index in [4.69, 9.17) is 4.74 Å². The summed E-state index contributed by atoms with van der Waals surface area (Å²) in [6.07, 6.45) is 1.64. The Hall–Kier alpha value is -2.06. The molecule has 1 aliphatic heterocycles. The number of quaternary nitrogens is 1. The topological polar surface area (TPSA) is 64.4 Å². The van der Waals surface area contributed by atoms with Crippen molar-refractivity contribution >= 4 is 12.1 Å². The lowest BCUT2D eigenvalue weighted by atomic mass is 10.2. The van der Waals surface area contributed by atoms with Crippen molar-refractivity contribution in [3.63, 3.8) is 0 Å². The molecule has 6 nitrogen and oxygen atoms in total. The summed E-state index contributed by atoms with van der Waals surface area (Å²) in [4.78, 5) is 13.0. The summed E-state index contributed by atoms with van der Waals surface area (Å²) < 4.78 is 34.2. The van der Waals surface area contributed by atoms with E-state index in [-0.39, 0.29) is 11.7 Å². The molecular formula is C15H20F2N3O3+. The van der Waals surface area contributed by atoms with Gasteiger partial charge in [-0.25, -0.2) is 5.43 Å². The third-order valence-electron chi connectivity index (χ3n) is 3.43. The van der Waals surface area contributed by atoms with Crippen molar-refractivity contribution in [1.29, 1.82) is 0 Å². The van der Waals surface area contributed by atoms with Gasteiger partial charge in [-0.2, -0.15) is 13.9 Å². The van der Waals surface area contributed by atoms with E-state index in [1.807, 2.05) is 0 Å². The summed E-state index contributed by atoms with van der Waals surface area (Å²) in [5.74, 6) is -0.203. The maximum Gasteiger partial charge on any atom is 0.387 e. The molecule has 1 saturated heterocycles. The maximum atomic E-state index is 12.3. The number of alkyl halides is 2. The van der Waals surface area contributed by atoms with E-state index in [1.165, 1.54) is 17.2 Å². The Morgan fingerprint density at radius 3 is 2.87 bits per heavy atom. The standard InChI is InChI=1S/C15H19F2N3O3/c16-15(17)23-13-4-2-1-3-12(13)11-18-19-14(21)5-6-20-7-9-22-10-8-20/h1-4,11,15H,5-10H2,(H,19,21)/p+1/b18-11-. The molecule has 0 spiro atoms. The van der Waals surface area contributed by atoms with Crippen LogP contribution in [0.5, 0.6) is 5.75 Å². The largest absolute Gasteiger partial charge is 0.434 e. The van der Waals surface area contributed by atoms with Gasteiger partial charge in [-0.15, -0.1) is 0 Å². The van der Waals surface area contributed by atoms with Crippen LogP contribution in [0.25, 0.3) is 0 Å². The van der Waals surface area contributed by atoms with Crippen LogP contribution in [0.3, 0.4) is 0 Å². The lowest BCUT2D eigenvalue weighted by Gasteiger charge is -2.23. The molecule has 0 saturated carbocycles. The van der Waals surface area contributed by atoms with Crippen LogP contribution in [-0.4, -0.2) is 51.6 Å². The number of ether oxygens (including phenoxy) is 2. The minimum atomic E-state index is -2.91. The Balaban J connectivity index is 1.78. The number of benzene rings is 1. The number of nitrogens with one attached hydrogen (secondary N) is 2. The molecule has 1 aromatic rings. The van der Waals surface area contributed by atoms with Gasteiger partial charge in [0.1, 0.15) is 18.8 Å². The van der Waals surface area contributed by atoms with Crippen molar-refractivity contribution in [2.75, 3.05) is 32.8 Å². The van der Waals surface area contributed by atoms with E-state index in [2.05, 4.69) is 15.3 Å². The molecule has 1 aromatic carbocycles. The normalized spacial score (nSPS) is 16.0. The van der Waals surface area contributed by atoms with Gasteiger partial charge in [-0.1, -0.05) is 12.1 Å². The second kappa shape index (κ2) is 9.16. The van der Waals surface area contributed by atoms with Gasteiger partial charge in [0.25, 0.3) is 0 Å². The molecule has 1 heterocycles. The van der Waals surface area contributed by atoms with Crippen molar-refractivity contribution in [3.05, 3.63) is 29.8 Å². The molecule has 0 unspecified atom stereocenters. The third-order valence-corrected chi connectivity index (χ3v) is 3.43. The van der Waals surface area contributed by atoms with Crippen LogP contribution in [0.15, 0.2) is 29.4 Å². The predicted molar refractivity (Wildman–Crippen MR) is 79.8 cm³/mol. The second-order valence-corrected chi connectivity index (χ2v) is 5.07. The van der Waals surface area contributed by atoms with E-state index in [1.54, 1.807) is 18.2 Å². The highest BCUT2D eigenvalue weighted by Gasteiger charge is 2.14. The third kappa shape index (κ3) is 6.29. The number of hydrogen-bond acceptors (Lipinski definition) is 4. The summed E-state index contributed by atoms with van der Waals surface area (Å²) in [6.45, 7) is 1.04. The fourth-order valence-electron chi connectivity index (χ4n) is 2.22. The summed E-state index contributed by atoms with van der Waals surface area (Å²) in [5.41, 5.74) is 2.76. The molecule has 1 aliphatic rings. The SMILES string of the molecule is O=C(CC[NH+]1CCOCC1)N/N=C\c1ccccc1OC(F)F.